The molecule has 0 bridgehead atoms. The maximum atomic E-state index is 12.4. The largest absolute Gasteiger partial charge is 0.457 e. The zero-order valence-corrected chi connectivity index (χ0v) is 23.0. The zero-order valence-electron chi connectivity index (χ0n) is 20.7. The molecule has 2 aromatic heterocycles. The van der Waals surface area contributed by atoms with Crippen LogP contribution in [-0.2, 0) is 4.79 Å². The Morgan fingerprint density at radius 1 is 0.875 bits per heavy atom. The third-order valence-corrected chi connectivity index (χ3v) is 6.85. The highest BCUT2D eigenvalue weighted by Crippen LogP contribution is 2.32. The molecule has 0 fully saturated rings. The number of carbonyl (C=O) groups excluding carboxylic acids is 1. The van der Waals surface area contributed by atoms with E-state index in [-0.39, 0.29) is 5.11 Å². The molecular formula is C31H19Cl2N3O3S. The predicted molar refractivity (Wildman–Crippen MR) is 165 cm³/mol. The van der Waals surface area contributed by atoms with E-state index in [1.54, 1.807) is 48.5 Å². The molecule has 2 heterocycles. The highest BCUT2D eigenvalue weighted by Gasteiger charge is 2.11. The van der Waals surface area contributed by atoms with E-state index in [0.717, 1.165) is 16.3 Å². The molecule has 0 saturated heterocycles. The fraction of sp³-hybridized carbons (Fsp3) is 0. The zero-order chi connectivity index (χ0) is 27.6. The van der Waals surface area contributed by atoms with Crippen LogP contribution >= 0.6 is 35.4 Å². The van der Waals surface area contributed by atoms with Crippen molar-refractivity contribution in [2.75, 3.05) is 5.32 Å². The Morgan fingerprint density at radius 3 is 2.58 bits per heavy atom. The number of furan rings is 1. The quantitative estimate of drug-likeness (QED) is 0.156. The van der Waals surface area contributed by atoms with Crippen molar-refractivity contribution in [1.82, 2.24) is 10.3 Å². The molecule has 40 heavy (non-hydrogen) atoms. The third-order valence-electron chi connectivity index (χ3n) is 6.10. The van der Waals surface area contributed by atoms with E-state index in [1.165, 1.54) is 6.08 Å². The Balaban J connectivity index is 1.09. The number of fused-ring (bicyclic) bond motifs is 2. The molecule has 0 unspecified atom stereocenters. The van der Waals surface area contributed by atoms with Crippen LogP contribution < -0.4 is 10.6 Å². The fourth-order valence-electron chi connectivity index (χ4n) is 4.20. The van der Waals surface area contributed by atoms with Crippen molar-refractivity contribution in [2.45, 2.75) is 0 Å². The van der Waals surface area contributed by atoms with Gasteiger partial charge in [0.2, 0.25) is 11.8 Å². The van der Waals surface area contributed by atoms with Crippen LogP contribution in [0.3, 0.4) is 0 Å². The molecule has 9 heteroatoms. The van der Waals surface area contributed by atoms with Gasteiger partial charge in [-0.15, -0.1) is 0 Å². The average Bonchev–Trinajstić information content (AvgIpc) is 3.59. The summed E-state index contributed by atoms with van der Waals surface area (Å²) >= 11 is 17.5. The Morgan fingerprint density at radius 2 is 1.73 bits per heavy atom. The van der Waals surface area contributed by atoms with Gasteiger partial charge < -0.3 is 14.2 Å². The lowest BCUT2D eigenvalue weighted by molar-refractivity contribution is -0.115. The lowest BCUT2D eigenvalue weighted by Crippen LogP contribution is -2.32. The van der Waals surface area contributed by atoms with Crippen molar-refractivity contribution in [1.29, 1.82) is 0 Å². The standard InChI is InChI=1S/C31H19Cl2N3O3S/c32-21-7-11-24(25(33)16-21)27-13-9-23(38-27)10-14-29(37)36-31(40)34-22-8-12-28-26(17-22)35-30(39-28)20-6-5-18-3-1-2-4-19(18)15-20/h1-17H,(H2,34,36,37,40)/b14-10+. The minimum atomic E-state index is -0.416. The van der Waals surface area contributed by atoms with Crippen molar-refractivity contribution >= 4 is 80.1 Å². The molecule has 6 rings (SSSR count). The van der Waals surface area contributed by atoms with Gasteiger partial charge in [0.25, 0.3) is 0 Å². The first-order chi connectivity index (χ1) is 19.4. The summed E-state index contributed by atoms with van der Waals surface area (Å²) in [4.78, 5) is 17.1. The smallest absolute Gasteiger partial charge is 0.250 e. The molecule has 196 valence electrons. The van der Waals surface area contributed by atoms with E-state index in [0.29, 0.717) is 49.8 Å². The summed E-state index contributed by atoms with van der Waals surface area (Å²) in [5.41, 5.74) is 3.56. The van der Waals surface area contributed by atoms with E-state index in [9.17, 15) is 4.79 Å². The first-order valence-electron chi connectivity index (χ1n) is 12.2. The lowest BCUT2D eigenvalue weighted by atomic mass is 10.1. The van der Waals surface area contributed by atoms with Gasteiger partial charge in [0.05, 0.1) is 5.02 Å². The Hall–Kier alpha value is -4.43. The molecule has 0 aliphatic heterocycles. The number of hydrogen-bond acceptors (Lipinski definition) is 5. The highest BCUT2D eigenvalue weighted by atomic mass is 35.5. The van der Waals surface area contributed by atoms with Gasteiger partial charge in [0.1, 0.15) is 17.0 Å². The van der Waals surface area contributed by atoms with Crippen molar-refractivity contribution in [3.05, 3.63) is 113 Å². The van der Waals surface area contributed by atoms with E-state index < -0.39 is 5.91 Å². The number of hydrogen-bond donors (Lipinski definition) is 2. The van der Waals surface area contributed by atoms with Crippen LogP contribution in [0.1, 0.15) is 5.76 Å². The summed E-state index contributed by atoms with van der Waals surface area (Å²) in [6.07, 6.45) is 2.87. The normalized spacial score (nSPS) is 11.3. The van der Waals surface area contributed by atoms with Crippen LogP contribution in [0.15, 0.2) is 106 Å². The molecule has 0 saturated carbocycles. The van der Waals surface area contributed by atoms with Gasteiger partial charge in [-0.2, -0.15) is 0 Å². The molecular weight excluding hydrogens is 565 g/mol. The number of thiocarbonyl (C=S) groups is 1. The molecule has 0 spiro atoms. The Bertz CT molecular complexity index is 1940. The van der Waals surface area contributed by atoms with Crippen molar-refractivity contribution < 1.29 is 13.6 Å². The first kappa shape index (κ1) is 25.8. The number of halogens is 2. The summed E-state index contributed by atoms with van der Waals surface area (Å²) in [5, 5.41) is 9.04. The van der Waals surface area contributed by atoms with E-state index >= 15 is 0 Å². The molecule has 2 N–H and O–H groups in total. The molecule has 0 aliphatic carbocycles. The second-order valence-corrected chi connectivity index (χ2v) is 10.1. The van der Waals surface area contributed by atoms with Crippen molar-refractivity contribution in [2.24, 2.45) is 0 Å². The third kappa shape index (κ3) is 5.62. The predicted octanol–water partition coefficient (Wildman–Crippen LogP) is 8.74. The van der Waals surface area contributed by atoms with Gasteiger partial charge >= 0.3 is 0 Å². The lowest BCUT2D eigenvalue weighted by Gasteiger charge is -2.07. The van der Waals surface area contributed by atoms with Crippen LogP contribution in [0, 0.1) is 0 Å². The number of amides is 1. The maximum Gasteiger partial charge on any atom is 0.250 e. The SMILES string of the molecule is O=C(/C=C/c1ccc(-c2ccc(Cl)cc2Cl)o1)NC(=S)Nc1ccc2oc(-c3ccc4ccccc4c3)nc2c1. The second-order valence-electron chi connectivity index (χ2n) is 8.87. The van der Waals surface area contributed by atoms with Gasteiger partial charge in [0.15, 0.2) is 10.7 Å². The molecule has 0 atom stereocenters. The summed E-state index contributed by atoms with van der Waals surface area (Å²) in [5.74, 6) is 1.15. The van der Waals surface area contributed by atoms with Crippen molar-refractivity contribution in [3.8, 4) is 22.8 Å². The molecule has 0 radical (unpaired) electrons. The number of nitrogens with one attached hydrogen (secondary N) is 2. The second kappa shape index (κ2) is 11.0. The molecule has 4 aromatic carbocycles. The van der Waals surface area contributed by atoms with Gasteiger partial charge in [-0.05, 0) is 89.7 Å². The first-order valence-corrected chi connectivity index (χ1v) is 13.3. The van der Waals surface area contributed by atoms with Gasteiger partial charge in [-0.25, -0.2) is 4.98 Å². The van der Waals surface area contributed by atoms with Crippen LogP contribution in [0.25, 0.3) is 50.7 Å². The minimum Gasteiger partial charge on any atom is -0.457 e. The van der Waals surface area contributed by atoms with E-state index in [2.05, 4.69) is 27.8 Å². The monoisotopic (exact) mass is 583 g/mol. The topological polar surface area (TPSA) is 80.3 Å². The summed E-state index contributed by atoms with van der Waals surface area (Å²) in [7, 11) is 0. The highest BCUT2D eigenvalue weighted by molar-refractivity contribution is 7.80. The summed E-state index contributed by atoms with van der Waals surface area (Å²) in [6, 6.07) is 28.3. The van der Waals surface area contributed by atoms with Crippen LogP contribution in [0.2, 0.25) is 10.0 Å². The van der Waals surface area contributed by atoms with E-state index in [4.69, 9.17) is 44.3 Å². The Kier molecular flexibility index (Phi) is 7.09. The Labute approximate surface area is 244 Å². The number of benzene rings is 4. The van der Waals surface area contributed by atoms with Crippen LogP contribution in [0.4, 0.5) is 5.69 Å². The minimum absolute atomic E-state index is 0.139. The summed E-state index contributed by atoms with van der Waals surface area (Å²) in [6.45, 7) is 0. The average molecular weight is 584 g/mol. The van der Waals surface area contributed by atoms with Crippen LogP contribution in [-0.4, -0.2) is 16.0 Å². The van der Waals surface area contributed by atoms with E-state index in [1.807, 2.05) is 36.4 Å². The number of carbonyl (C=O) groups is 1. The van der Waals surface area contributed by atoms with Gasteiger partial charge in [0, 0.05) is 27.9 Å². The summed E-state index contributed by atoms with van der Waals surface area (Å²) < 4.78 is 11.7. The van der Waals surface area contributed by atoms with Gasteiger partial charge in [-0.3, -0.25) is 10.1 Å². The number of nitrogens with zero attached hydrogens (tertiary/aromatic N) is 1. The number of anilines is 1. The van der Waals surface area contributed by atoms with Crippen LogP contribution in [0.5, 0.6) is 0 Å². The number of aromatic nitrogens is 1. The molecule has 1 amide bonds. The molecule has 6 nitrogen and oxygen atoms in total. The van der Waals surface area contributed by atoms with Gasteiger partial charge in [-0.1, -0.05) is 53.5 Å². The number of oxazole rings is 1. The maximum absolute atomic E-state index is 12.4. The fourth-order valence-corrected chi connectivity index (χ4v) is 4.92. The van der Waals surface area contributed by atoms with Crippen molar-refractivity contribution in [3.63, 3.8) is 0 Å². The number of rotatable bonds is 5. The molecule has 6 aromatic rings. The molecule has 0 aliphatic rings.